The zero-order valence-electron chi connectivity index (χ0n) is 27.5. The molecule has 4 heteroatoms. The summed E-state index contributed by atoms with van der Waals surface area (Å²) in [6.45, 7) is 0. The van der Waals surface area contributed by atoms with E-state index in [2.05, 4.69) is 181 Å². The first-order valence-corrected chi connectivity index (χ1v) is 17.9. The van der Waals surface area contributed by atoms with Gasteiger partial charge in [-0.15, -0.1) is 11.3 Å². The minimum Gasteiger partial charge on any atom is -0.454 e. The van der Waals surface area contributed by atoms with Crippen molar-refractivity contribution >= 4 is 71.3 Å². The summed E-state index contributed by atoms with van der Waals surface area (Å²) in [4.78, 5) is 7.64. The zero-order valence-corrected chi connectivity index (χ0v) is 28.3. The first-order chi connectivity index (χ1) is 25.3. The Morgan fingerprint density at radius 1 is 0.471 bits per heavy atom. The lowest BCUT2D eigenvalue weighted by Gasteiger charge is -2.26. The molecule has 0 saturated carbocycles. The normalized spacial score (nSPS) is 11.5. The molecule has 0 atom stereocenters. The highest BCUT2D eigenvalue weighted by molar-refractivity contribution is 7.21. The van der Waals surface area contributed by atoms with Crippen molar-refractivity contribution in [3.8, 4) is 32.8 Å². The van der Waals surface area contributed by atoms with E-state index in [1.54, 1.807) is 11.3 Å². The largest absolute Gasteiger partial charge is 0.454 e. The van der Waals surface area contributed by atoms with Crippen molar-refractivity contribution in [2.75, 3.05) is 4.90 Å². The molecular formula is C47H30N2OS. The lowest BCUT2D eigenvalue weighted by molar-refractivity contribution is 0.669. The van der Waals surface area contributed by atoms with Gasteiger partial charge in [0.05, 0.1) is 21.3 Å². The smallest absolute Gasteiger partial charge is 0.161 e. The van der Waals surface area contributed by atoms with Gasteiger partial charge in [-0.05, 0) is 69.4 Å². The molecule has 10 aromatic rings. The number of para-hydroxylation sites is 1. The molecule has 0 amide bonds. The van der Waals surface area contributed by atoms with E-state index in [-0.39, 0.29) is 0 Å². The van der Waals surface area contributed by atoms with E-state index in [4.69, 9.17) is 9.40 Å². The molecule has 240 valence electrons. The van der Waals surface area contributed by atoms with Crippen LogP contribution in [0.4, 0.5) is 17.1 Å². The Labute approximate surface area is 299 Å². The van der Waals surface area contributed by atoms with E-state index < -0.39 is 0 Å². The molecule has 0 radical (unpaired) electrons. The van der Waals surface area contributed by atoms with Crippen molar-refractivity contribution in [2.24, 2.45) is 0 Å². The van der Waals surface area contributed by atoms with Gasteiger partial charge >= 0.3 is 0 Å². The molecule has 0 aliphatic rings. The van der Waals surface area contributed by atoms with Crippen molar-refractivity contribution < 1.29 is 4.42 Å². The second-order valence-corrected chi connectivity index (χ2v) is 13.8. The highest BCUT2D eigenvalue weighted by Crippen LogP contribution is 2.48. The molecule has 10 rings (SSSR count). The first-order valence-electron chi connectivity index (χ1n) is 17.1. The van der Waals surface area contributed by atoms with Gasteiger partial charge in [-0.3, -0.25) is 0 Å². The fourth-order valence-electron chi connectivity index (χ4n) is 7.16. The lowest BCUT2D eigenvalue weighted by Crippen LogP contribution is -2.10. The summed E-state index contributed by atoms with van der Waals surface area (Å²) in [6, 6.07) is 64.4. The fraction of sp³-hybridized carbons (Fsp3) is 0. The highest BCUT2D eigenvalue weighted by Gasteiger charge is 2.24. The molecule has 2 heterocycles. The van der Waals surface area contributed by atoms with E-state index in [9.17, 15) is 0 Å². The lowest BCUT2D eigenvalue weighted by atomic mass is 10.0. The van der Waals surface area contributed by atoms with Crippen LogP contribution in [0, 0.1) is 0 Å². The minimum atomic E-state index is 0.820. The van der Waals surface area contributed by atoms with Crippen LogP contribution in [0.3, 0.4) is 0 Å². The molecule has 0 aliphatic heterocycles. The van der Waals surface area contributed by atoms with Crippen molar-refractivity contribution in [3.63, 3.8) is 0 Å². The molecule has 0 N–H and O–H groups in total. The van der Waals surface area contributed by atoms with Crippen molar-refractivity contribution in [2.45, 2.75) is 0 Å². The maximum absolute atomic E-state index is 6.80. The van der Waals surface area contributed by atoms with Crippen LogP contribution >= 0.6 is 11.3 Å². The van der Waals surface area contributed by atoms with Gasteiger partial charge in [0.1, 0.15) is 10.6 Å². The number of benzene rings is 8. The summed E-state index contributed by atoms with van der Waals surface area (Å²) >= 11 is 1.72. The Balaban J connectivity index is 1.19. The number of anilines is 3. The fourth-order valence-corrected chi connectivity index (χ4v) is 8.18. The minimum absolute atomic E-state index is 0.820. The number of nitrogens with zero attached hydrogens (tertiary/aromatic N) is 2. The maximum atomic E-state index is 6.80. The van der Waals surface area contributed by atoms with Crippen LogP contribution < -0.4 is 4.90 Å². The molecular weight excluding hydrogens is 641 g/mol. The molecule has 0 bridgehead atoms. The van der Waals surface area contributed by atoms with Crippen LogP contribution in [0.1, 0.15) is 0 Å². The van der Waals surface area contributed by atoms with Gasteiger partial charge in [-0.2, -0.15) is 0 Å². The van der Waals surface area contributed by atoms with Gasteiger partial charge < -0.3 is 9.32 Å². The third kappa shape index (κ3) is 5.16. The maximum Gasteiger partial charge on any atom is 0.161 e. The number of aromatic nitrogens is 1. The topological polar surface area (TPSA) is 29.3 Å². The third-order valence-electron chi connectivity index (χ3n) is 9.69. The number of hydrogen-bond donors (Lipinski definition) is 0. The molecule has 2 aromatic heterocycles. The predicted octanol–water partition coefficient (Wildman–Crippen LogP) is 13.8. The number of fused-ring (bicyclic) bond motifs is 6. The summed E-state index contributed by atoms with van der Waals surface area (Å²) in [6.07, 6.45) is 0. The molecule has 8 aromatic carbocycles. The van der Waals surface area contributed by atoms with Gasteiger partial charge in [-0.25, -0.2) is 4.98 Å². The number of furan rings is 1. The second kappa shape index (κ2) is 12.1. The highest BCUT2D eigenvalue weighted by atomic mass is 32.1. The van der Waals surface area contributed by atoms with E-state index in [1.807, 2.05) is 6.07 Å². The van der Waals surface area contributed by atoms with Crippen molar-refractivity contribution in [3.05, 3.63) is 182 Å². The Morgan fingerprint density at radius 3 is 1.76 bits per heavy atom. The Morgan fingerprint density at radius 2 is 1.04 bits per heavy atom. The predicted molar refractivity (Wildman–Crippen MR) is 215 cm³/mol. The number of thiazole rings is 1. The Hall–Kier alpha value is -6.49. The van der Waals surface area contributed by atoms with E-state index in [1.165, 1.54) is 33.0 Å². The van der Waals surface area contributed by atoms with E-state index >= 15 is 0 Å². The summed E-state index contributed by atoms with van der Waals surface area (Å²) in [5.41, 5.74) is 11.6. The summed E-state index contributed by atoms with van der Waals surface area (Å²) in [5.74, 6) is 0. The average molecular weight is 671 g/mol. The molecule has 0 fully saturated rings. The van der Waals surface area contributed by atoms with Crippen LogP contribution in [0.5, 0.6) is 0 Å². The van der Waals surface area contributed by atoms with Gasteiger partial charge in [0, 0.05) is 22.3 Å². The second-order valence-electron chi connectivity index (χ2n) is 12.8. The van der Waals surface area contributed by atoms with Crippen LogP contribution in [0.2, 0.25) is 0 Å². The van der Waals surface area contributed by atoms with E-state index in [0.717, 1.165) is 59.8 Å². The zero-order chi connectivity index (χ0) is 33.7. The molecule has 0 aliphatic carbocycles. The number of hydrogen-bond acceptors (Lipinski definition) is 4. The van der Waals surface area contributed by atoms with Gasteiger partial charge in [0.25, 0.3) is 0 Å². The van der Waals surface area contributed by atoms with E-state index in [0.29, 0.717) is 0 Å². The summed E-state index contributed by atoms with van der Waals surface area (Å²) in [7, 11) is 0. The standard InChI is InChI=1S/C47H30N2OS/c1-3-11-31(12-4-1)34-19-21-36(22-20-34)47-48-45-43(51-47)30-41(46-44(45)40-17-9-10-18-42(40)50-46)49(39-28-25-33-15-7-8-16-37(33)29-39)38-26-23-35(24-27-38)32-13-5-2-6-14-32/h1-30H. The van der Waals surface area contributed by atoms with Crippen LogP contribution in [0.25, 0.3) is 75.8 Å². The van der Waals surface area contributed by atoms with Gasteiger partial charge in [0.15, 0.2) is 5.58 Å². The SMILES string of the molecule is c1ccc(-c2ccc(-c3nc4c(cc(N(c5ccc(-c6ccccc6)cc5)c5ccc6ccccc6c5)c5oc6ccccc6c54)s3)cc2)cc1. The molecule has 0 unspecified atom stereocenters. The Bertz CT molecular complexity index is 2840. The molecule has 3 nitrogen and oxygen atoms in total. The molecule has 51 heavy (non-hydrogen) atoms. The van der Waals surface area contributed by atoms with Crippen LogP contribution in [-0.4, -0.2) is 4.98 Å². The molecule has 0 saturated heterocycles. The van der Waals surface area contributed by atoms with Crippen LogP contribution in [0.15, 0.2) is 186 Å². The number of rotatable bonds is 6. The average Bonchev–Trinajstić information content (AvgIpc) is 3.81. The quantitative estimate of drug-likeness (QED) is 0.176. The summed E-state index contributed by atoms with van der Waals surface area (Å²) in [5, 5.41) is 5.47. The Kier molecular flexibility index (Phi) is 7.00. The van der Waals surface area contributed by atoms with Gasteiger partial charge in [-0.1, -0.05) is 146 Å². The van der Waals surface area contributed by atoms with Gasteiger partial charge in [0.2, 0.25) is 0 Å². The van der Waals surface area contributed by atoms with Crippen molar-refractivity contribution in [1.29, 1.82) is 0 Å². The molecule has 0 spiro atoms. The third-order valence-corrected chi connectivity index (χ3v) is 10.7. The first kappa shape index (κ1) is 29.4. The van der Waals surface area contributed by atoms with Crippen molar-refractivity contribution in [1.82, 2.24) is 4.98 Å². The summed E-state index contributed by atoms with van der Waals surface area (Å²) < 4.78 is 7.91. The van der Waals surface area contributed by atoms with Crippen LogP contribution in [-0.2, 0) is 0 Å². The monoisotopic (exact) mass is 670 g/mol.